The average molecular weight is 507 g/mol. The van der Waals surface area contributed by atoms with Crippen LogP contribution in [0, 0.1) is 0 Å². The second-order valence-corrected chi connectivity index (χ2v) is 8.51. The molecule has 1 aliphatic rings. The van der Waals surface area contributed by atoms with Crippen molar-refractivity contribution in [2.45, 2.75) is 72.4 Å². The summed E-state index contributed by atoms with van der Waals surface area (Å²) in [5.74, 6) is -1.32. The van der Waals surface area contributed by atoms with E-state index in [1.807, 2.05) is 0 Å². The molecule has 0 saturated heterocycles. The summed E-state index contributed by atoms with van der Waals surface area (Å²) in [6.45, 7) is 10.5. The molecule has 36 heavy (non-hydrogen) atoms. The fourth-order valence-electron chi connectivity index (χ4n) is 3.11. The Morgan fingerprint density at radius 1 is 1.03 bits per heavy atom. The van der Waals surface area contributed by atoms with E-state index in [1.54, 1.807) is 39.0 Å². The van der Waals surface area contributed by atoms with E-state index < -0.39 is 41.8 Å². The Labute approximate surface area is 210 Å². The van der Waals surface area contributed by atoms with Crippen molar-refractivity contribution in [3.05, 3.63) is 41.0 Å². The maximum absolute atomic E-state index is 13.2. The monoisotopic (exact) mass is 506 g/mol. The SMILES string of the molecule is C/C=C(/C)C(=O)O[C@@H](c1cc(OC)c2c(c1)OCO2)[C@@H](C)OC(=O)[C@](C)(OC(=O)/C(C)=C\C)[C@H](C)O. The summed E-state index contributed by atoms with van der Waals surface area (Å²) >= 11 is 0. The van der Waals surface area contributed by atoms with Crippen LogP contribution in [0.2, 0.25) is 0 Å². The standard InChI is InChI=1S/C26H34O10/c1-9-14(3)23(28)35-21(18-11-19(31-8)22-20(12-18)32-13-33-22)16(5)34-25(30)26(7,17(6)27)36-24(29)15(4)10-2/h9-12,16-17,21,27H,13H2,1-8H3/b14-9-,15-10-/t16-,17+,21-,26-/m1/s1. The number of ether oxygens (including phenoxy) is 6. The van der Waals surface area contributed by atoms with Crippen LogP contribution in [-0.4, -0.2) is 54.7 Å². The van der Waals surface area contributed by atoms with Gasteiger partial charge in [-0.1, -0.05) is 12.2 Å². The number of carbonyl (C=O) groups excluding carboxylic acids is 3. The number of esters is 3. The smallest absolute Gasteiger partial charge is 0.353 e. The number of aliphatic hydroxyl groups is 1. The minimum Gasteiger partial charge on any atom is -0.493 e. The van der Waals surface area contributed by atoms with Crippen molar-refractivity contribution in [1.29, 1.82) is 0 Å². The van der Waals surface area contributed by atoms with Crippen LogP contribution in [0.15, 0.2) is 35.4 Å². The summed E-state index contributed by atoms with van der Waals surface area (Å²) < 4.78 is 32.9. The van der Waals surface area contributed by atoms with Gasteiger partial charge in [0, 0.05) is 16.7 Å². The number of allylic oxidation sites excluding steroid dienone is 2. The number of methoxy groups -OCH3 is 1. The van der Waals surface area contributed by atoms with Gasteiger partial charge in [0.2, 0.25) is 18.1 Å². The highest BCUT2D eigenvalue weighted by Gasteiger charge is 2.46. The van der Waals surface area contributed by atoms with Crippen LogP contribution in [0.4, 0.5) is 0 Å². The second-order valence-electron chi connectivity index (χ2n) is 8.51. The number of benzene rings is 1. The highest BCUT2D eigenvalue weighted by atomic mass is 16.7. The van der Waals surface area contributed by atoms with Crippen LogP contribution in [-0.2, 0) is 28.6 Å². The van der Waals surface area contributed by atoms with Crippen molar-refractivity contribution in [2.24, 2.45) is 0 Å². The molecule has 10 heteroatoms. The molecule has 0 aromatic heterocycles. The van der Waals surface area contributed by atoms with E-state index in [4.69, 9.17) is 28.4 Å². The highest BCUT2D eigenvalue weighted by Crippen LogP contribution is 2.44. The molecule has 0 fully saturated rings. The lowest BCUT2D eigenvalue weighted by Crippen LogP contribution is -2.51. The predicted molar refractivity (Wildman–Crippen MR) is 129 cm³/mol. The summed E-state index contributed by atoms with van der Waals surface area (Å²) in [5.41, 5.74) is -1.01. The zero-order chi connectivity index (χ0) is 27.2. The van der Waals surface area contributed by atoms with Crippen LogP contribution in [0.3, 0.4) is 0 Å². The third-order valence-electron chi connectivity index (χ3n) is 5.98. The molecule has 0 bridgehead atoms. The Morgan fingerprint density at radius 2 is 1.64 bits per heavy atom. The van der Waals surface area contributed by atoms with Crippen LogP contribution >= 0.6 is 0 Å². The van der Waals surface area contributed by atoms with Gasteiger partial charge < -0.3 is 33.5 Å². The van der Waals surface area contributed by atoms with Gasteiger partial charge in [0.05, 0.1) is 7.11 Å². The van der Waals surface area contributed by atoms with Gasteiger partial charge in [-0.3, -0.25) is 0 Å². The largest absolute Gasteiger partial charge is 0.493 e. The van der Waals surface area contributed by atoms with Crippen molar-refractivity contribution >= 4 is 17.9 Å². The van der Waals surface area contributed by atoms with E-state index in [9.17, 15) is 19.5 Å². The Kier molecular flexibility index (Phi) is 9.52. The fourth-order valence-corrected chi connectivity index (χ4v) is 3.11. The van der Waals surface area contributed by atoms with E-state index in [-0.39, 0.29) is 12.4 Å². The zero-order valence-corrected chi connectivity index (χ0v) is 21.9. The molecule has 1 N–H and O–H groups in total. The molecule has 1 aromatic rings. The number of hydrogen-bond donors (Lipinski definition) is 1. The number of aliphatic hydroxyl groups excluding tert-OH is 1. The van der Waals surface area contributed by atoms with Gasteiger partial charge in [0.15, 0.2) is 17.6 Å². The van der Waals surface area contributed by atoms with Crippen LogP contribution in [0.5, 0.6) is 17.2 Å². The number of rotatable bonds is 10. The first kappa shape index (κ1) is 28.7. The van der Waals surface area contributed by atoms with Gasteiger partial charge in [-0.15, -0.1) is 0 Å². The second kappa shape index (κ2) is 11.9. The number of hydrogen-bond acceptors (Lipinski definition) is 10. The molecule has 0 spiro atoms. The fraction of sp³-hybridized carbons (Fsp3) is 0.500. The molecular weight excluding hydrogens is 472 g/mol. The normalized spacial score (nSPS) is 17.4. The third-order valence-corrected chi connectivity index (χ3v) is 5.98. The quantitative estimate of drug-likeness (QED) is 0.286. The summed E-state index contributed by atoms with van der Waals surface area (Å²) in [5, 5.41) is 10.3. The molecule has 0 radical (unpaired) electrons. The van der Waals surface area contributed by atoms with Gasteiger partial charge in [-0.25, -0.2) is 14.4 Å². The van der Waals surface area contributed by atoms with Gasteiger partial charge in [-0.2, -0.15) is 0 Å². The molecule has 0 unspecified atom stereocenters. The van der Waals surface area contributed by atoms with Crippen LogP contribution in [0.25, 0.3) is 0 Å². The molecule has 1 heterocycles. The molecule has 0 saturated carbocycles. The Bertz CT molecular complexity index is 1060. The molecule has 1 aliphatic heterocycles. The Morgan fingerprint density at radius 3 is 2.19 bits per heavy atom. The molecule has 198 valence electrons. The predicted octanol–water partition coefficient (Wildman–Crippen LogP) is 3.56. The van der Waals surface area contributed by atoms with Crippen molar-refractivity contribution < 1.29 is 47.9 Å². The van der Waals surface area contributed by atoms with Crippen LogP contribution in [0.1, 0.15) is 60.1 Å². The van der Waals surface area contributed by atoms with Gasteiger partial charge >= 0.3 is 17.9 Å². The molecule has 4 atom stereocenters. The molecule has 0 aliphatic carbocycles. The molecular formula is C26H34O10. The summed E-state index contributed by atoms with van der Waals surface area (Å²) in [7, 11) is 1.45. The molecule has 10 nitrogen and oxygen atoms in total. The minimum atomic E-state index is -2.02. The van der Waals surface area contributed by atoms with E-state index in [1.165, 1.54) is 40.9 Å². The van der Waals surface area contributed by atoms with Gasteiger partial charge in [-0.05, 0) is 60.6 Å². The molecule has 0 amide bonds. The third kappa shape index (κ3) is 6.17. The number of fused-ring (bicyclic) bond motifs is 1. The van der Waals surface area contributed by atoms with Crippen molar-refractivity contribution in [3.63, 3.8) is 0 Å². The van der Waals surface area contributed by atoms with Gasteiger partial charge in [0.25, 0.3) is 0 Å². The van der Waals surface area contributed by atoms with Gasteiger partial charge in [0.1, 0.15) is 12.2 Å². The summed E-state index contributed by atoms with van der Waals surface area (Å²) in [6.07, 6.45) is -0.473. The maximum Gasteiger partial charge on any atom is 0.353 e. The average Bonchev–Trinajstić information content (AvgIpc) is 3.33. The van der Waals surface area contributed by atoms with Crippen molar-refractivity contribution in [3.8, 4) is 17.2 Å². The van der Waals surface area contributed by atoms with E-state index >= 15 is 0 Å². The first-order chi connectivity index (χ1) is 16.9. The van der Waals surface area contributed by atoms with Crippen molar-refractivity contribution in [2.75, 3.05) is 13.9 Å². The summed E-state index contributed by atoms with van der Waals surface area (Å²) in [6, 6.07) is 3.19. The maximum atomic E-state index is 13.2. The Hall–Kier alpha value is -3.53. The zero-order valence-electron chi connectivity index (χ0n) is 21.9. The highest BCUT2D eigenvalue weighted by molar-refractivity contribution is 5.91. The first-order valence-electron chi connectivity index (χ1n) is 11.5. The van der Waals surface area contributed by atoms with E-state index in [0.29, 0.717) is 28.4 Å². The van der Waals surface area contributed by atoms with Crippen molar-refractivity contribution in [1.82, 2.24) is 0 Å². The lowest BCUT2D eigenvalue weighted by atomic mass is 9.99. The van der Waals surface area contributed by atoms with E-state index in [2.05, 4.69) is 0 Å². The lowest BCUT2D eigenvalue weighted by molar-refractivity contribution is -0.198. The van der Waals surface area contributed by atoms with Crippen LogP contribution < -0.4 is 14.2 Å². The minimum absolute atomic E-state index is 0.00838. The van der Waals surface area contributed by atoms with E-state index in [0.717, 1.165) is 0 Å². The number of carbonyl (C=O) groups is 3. The topological polar surface area (TPSA) is 127 Å². The summed E-state index contributed by atoms with van der Waals surface area (Å²) in [4.78, 5) is 38.2. The first-order valence-corrected chi connectivity index (χ1v) is 11.5. The lowest BCUT2D eigenvalue weighted by Gasteiger charge is -2.33. The molecule has 1 aromatic carbocycles. The Balaban J connectivity index is 2.43. The molecule has 2 rings (SSSR count).